The molecule has 0 aliphatic rings. The van der Waals surface area contributed by atoms with E-state index in [4.69, 9.17) is 4.74 Å². The van der Waals surface area contributed by atoms with Gasteiger partial charge in [0.15, 0.2) is 0 Å². The van der Waals surface area contributed by atoms with Crippen molar-refractivity contribution >= 4 is 5.95 Å². The number of ether oxygens (including phenoxy) is 1. The lowest BCUT2D eigenvalue weighted by Gasteiger charge is -2.10. The number of aromatic nitrogens is 3. The predicted octanol–water partition coefficient (Wildman–Crippen LogP) is 2.21. The molecule has 0 spiro atoms. The Kier molecular flexibility index (Phi) is 3.96. The van der Waals surface area contributed by atoms with Crippen LogP contribution in [0.3, 0.4) is 0 Å². The third kappa shape index (κ3) is 3.21. The highest BCUT2D eigenvalue weighted by Crippen LogP contribution is 2.18. The molecule has 0 atom stereocenters. The van der Waals surface area contributed by atoms with Crippen LogP contribution in [0.25, 0.3) is 0 Å². The molecular weight excluding hydrogens is 216 g/mol. The highest BCUT2D eigenvalue weighted by atomic mass is 16.5. The number of hydrogen-bond donors (Lipinski definition) is 2. The van der Waals surface area contributed by atoms with Gasteiger partial charge in [-0.2, -0.15) is 5.10 Å². The van der Waals surface area contributed by atoms with Crippen molar-refractivity contribution in [3.63, 3.8) is 0 Å². The quantitative estimate of drug-likeness (QED) is 0.801. The summed E-state index contributed by atoms with van der Waals surface area (Å²) in [5.41, 5.74) is 1.11. The Hall–Kier alpha value is -2.04. The number of nitrogens with zero attached hydrogens (tertiary/aromatic N) is 2. The SMILES string of the molecule is CCCOc1ccccc1CNc1ncn[nH]1. The molecule has 2 rings (SSSR count). The second kappa shape index (κ2) is 5.89. The molecule has 0 saturated heterocycles. The molecule has 2 N–H and O–H groups in total. The van der Waals surface area contributed by atoms with Crippen LogP contribution in [-0.2, 0) is 6.54 Å². The van der Waals surface area contributed by atoms with Gasteiger partial charge < -0.3 is 10.1 Å². The molecule has 0 radical (unpaired) electrons. The van der Waals surface area contributed by atoms with Crippen LogP contribution in [0.2, 0.25) is 0 Å². The van der Waals surface area contributed by atoms with Gasteiger partial charge in [0.1, 0.15) is 12.1 Å². The lowest BCUT2D eigenvalue weighted by atomic mass is 10.2. The number of benzene rings is 1. The van der Waals surface area contributed by atoms with Crippen molar-refractivity contribution in [1.29, 1.82) is 0 Å². The maximum atomic E-state index is 5.67. The first-order valence-electron chi connectivity index (χ1n) is 5.70. The zero-order valence-corrected chi connectivity index (χ0v) is 9.81. The van der Waals surface area contributed by atoms with E-state index in [1.54, 1.807) is 0 Å². The Labute approximate surface area is 100 Å². The summed E-state index contributed by atoms with van der Waals surface area (Å²) in [5, 5.41) is 9.68. The lowest BCUT2D eigenvalue weighted by molar-refractivity contribution is 0.314. The largest absolute Gasteiger partial charge is 0.493 e. The molecule has 0 aliphatic carbocycles. The van der Waals surface area contributed by atoms with E-state index in [-0.39, 0.29) is 0 Å². The number of rotatable bonds is 6. The van der Waals surface area contributed by atoms with Gasteiger partial charge in [0, 0.05) is 12.1 Å². The van der Waals surface area contributed by atoms with Crippen LogP contribution in [0.4, 0.5) is 5.95 Å². The second-order valence-electron chi connectivity index (χ2n) is 3.64. The van der Waals surface area contributed by atoms with Crippen molar-refractivity contribution in [2.45, 2.75) is 19.9 Å². The van der Waals surface area contributed by atoms with E-state index in [9.17, 15) is 0 Å². The topological polar surface area (TPSA) is 62.8 Å². The maximum Gasteiger partial charge on any atom is 0.218 e. The van der Waals surface area contributed by atoms with Gasteiger partial charge in [-0.3, -0.25) is 0 Å². The van der Waals surface area contributed by atoms with Gasteiger partial charge in [-0.25, -0.2) is 10.1 Å². The number of anilines is 1. The second-order valence-corrected chi connectivity index (χ2v) is 3.64. The molecule has 0 aliphatic heterocycles. The summed E-state index contributed by atoms with van der Waals surface area (Å²) in [6.45, 7) is 3.49. The van der Waals surface area contributed by atoms with Crippen LogP contribution in [0, 0.1) is 0 Å². The minimum Gasteiger partial charge on any atom is -0.493 e. The molecule has 5 heteroatoms. The molecule has 17 heavy (non-hydrogen) atoms. The molecule has 1 aromatic carbocycles. The van der Waals surface area contributed by atoms with Crippen LogP contribution < -0.4 is 10.1 Å². The van der Waals surface area contributed by atoms with E-state index in [2.05, 4.69) is 27.4 Å². The van der Waals surface area contributed by atoms with Crippen LogP contribution in [0.1, 0.15) is 18.9 Å². The zero-order chi connectivity index (χ0) is 11.9. The first-order valence-corrected chi connectivity index (χ1v) is 5.70. The van der Waals surface area contributed by atoms with Crippen LogP contribution in [0.5, 0.6) is 5.75 Å². The van der Waals surface area contributed by atoms with Crippen molar-refractivity contribution in [3.8, 4) is 5.75 Å². The Morgan fingerprint density at radius 1 is 1.35 bits per heavy atom. The van der Waals surface area contributed by atoms with Crippen LogP contribution in [-0.4, -0.2) is 21.8 Å². The number of aromatic amines is 1. The fourth-order valence-electron chi connectivity index (χ4n) is 1.47. The van der Waals surface area contributed by atoms with Gasteiger partial charge in [-0.1, -0.05) is 25.1 Å². The predicted molar refractivity (Wildman–Crippen MR) is 65.9 cm³/mol. The van der Waals surface area contributed by atoms with E-state index in [1.807, 2.05) is 24.3 Å². The summed E-state index contributed by atoms with van der Waals surface area (Å²) in [6, 6.07) is 7.99. The average molecular weight is 232 g/mol. The highest BCUT2D eigenvalue weighted by Gasteiger charge is 2.03. The van der Waals surface area contributed by atoms with Crippen molar-refractivity contribution in [2.75, 3.05) is 11.9 Å². The van der Waals surface area contributed by atoms with E-state index in [0.29, 0.717) is 12.5 Å². The van der Waals surface area contributed by atoms with Crippen molar-refractivity contribution in [1.82, 2.24) is 15.2 Å². The van der Waals surface area contributed by atoms with E-state index < -0.39 is 0 Å². The average Bonchev–Trinajstić information content (AvgIpc) is 2.88. The number of nitrogens with one attached hydrogen (secondary N) is 2. The minimum absolute atomic E-state index is 0.662. The van der Waals surface area contributed by atoms with Gasteiger partial charge in [0.2, 0.25) is 5.95 Å². The molecule has 1 heterocycles. The summed E-state index contributed by atoms with van der Waals surface area (Å²) in [6.07, 6.45) is 2.48. The molecule has 0 bridgehead atoms. The molecular formula is C12H16N4O. The van der Waals surface area contributed by atoms with Crippen LogP contribution in [0.15, 0.2) is 30.6 Å². The van der Waals surface area contributed by atoms with Gasteiger partial charge in [-0.05, 0) is 12.5 Å². The smallest absolute Gasteiger partial charge is 0.218 e. The van der Waals surface area contributed by atoms with Gasteiger partial charge >= 0.3 is 0 Å². The van der Waals surface area contributed by atoms with Crippen molar-refractivity contribution < 1.29 is 4.74 Å². The number of para-hydroxylation sites is 1. The lowest BCUT2D eigenvalue weighted by Crippen LogP contribution is -2.04. The monoisotopic (exact) mass is 232 g/mol. The highest BCUT2D eigenvalue weighted by molar-refractivity contribution is 5.36. The molecule has 90 valence electrons. The van der Waals surface area contributed by atoms with Crippen molar-refractivity contribution in [3.05, 3.63) is 36.2 Å². The molecule has 5 nitrogen and oxygen atoms in total. The molecule has 0 fully saturated rings. The normalized spacial score (nSPS) is 10.2. The molecule has 0 saturated carbocycles. The summed E-state index contributed by atoms with van der Waals surface area (Å²) in [7, 11) is 0. The first-order chi connectivity index (χ1) is 8.40. The van der Waals surface area contributed by atoms with Gasteiger partial charge in [0.25, 0.3) is 0 Å². The first kappa shape index (κ1) is 11.4. The fraction of sp³-hybridized carbons (Fsp3) is 0.333. The minimum atomic E-state index is 0.662. The Balaban J connectivity index is 1.99. The molecule has 0 unspecified atom stereocenters. The molecule has 2 aromatic rings. The zero-order valence-electron chi connectivity index (χ0n) is 9.81. The van der Waals surface area contributed by atoms with Crippen LogP contribution >= 0.6 is 0 Å². The fourth-order valence-corrected chi connectivity index (χ4v) is 1.47. The van der Waals surface area contributed by atoms with E-state index in [0.717, 1.165) is 24.3 Å². The van der Waals surface area contributed by atoms with Gasteiger partial charge in [0.05, 0.1) is 6.61 Å². The maximum absolute atomic E-state index is 5.67. The van der Waals surface area contributed by atoms with E-state index in [1.165, 1.54) is 6.33 Å². The molecule has 0 amide bonds. The third-order valence-electron chi connectivity index (χ3n) is 2.30. The number of H-pyrrole nitrogens is 1. The third-order valence-corrected chi connectivity index (χ3v) is 2.30. The Morgan fingerprint density at radius 2 is 2.24 bits per heavy atom. The standard InChI is InChI=1S/C12H16N4O/c1-2-7-17-11-6-4-3-5-10(11)8-13-12-14-9-15-16-12/h3-6,9H,2,7-8H2,1H3,(H2,13,14,15,16). The van der Waals surface area contributed by atoms with E-state index >= 15 is 0 Å². The summed E-state index contributed by atoms with van der Waals surface area (Å²) < 4.78 is 5.67. The Bertz CT molecular complexity index is 442. The Morgan fingerprint density at radius 3 is 3.00 bits per heavy atom. The number of hydrogen-bond acceptors (Lipinski definition) is 4. The summed E-state index contributed by atoms with van der Waals surface area (Å²) in [4.78, 5) is 4.00. The molecule has 1 aromatic heterocycles. The summed E-state index contributed by atoms with van der Waals surface area (Å²) >= 11 is 0. The van der Waals surface area contributed by atoms with Gasteiger partial charge in [-0.15, -0.1) is 0 Å². The summed E-state index contributed by atoms with van der Waals surface area (Å²) in [5.74, 6) is 1.58. The van der Waals surface area contributed by atoms with Crippen molar-refractivity contribution in [2.24, 2.45) is 0 Å².